The van der Waals surface area contributed by atoms with Crippen LogP contribution in [0.15, 0.2) is 44.5 Å². The first-order valence-corrected chi connectivity index (χ1v) is 10.7. The summed E-state index contributed by atoms with van der Waals surface area (Å²) in [5.41, 5.74) is 0. The van der Waals surface area contributed by atoms with Crippen molar-refractivity contribution in [3.05, 3.63) is 41.7 Å². The number of amides is 1. The van der Waals surface area contributed by atoms with Crippen molar-refractivity contribution in [1.29, 1.82) is 0 Å². The summed E-state index contributed by atoms with van der Waals surface area (Å²) in [6, 6.07) is 7.10. The van der Waals surface area contributed by atoms with Crippen molar-refractivity contribution in [2.24, 2.45) is 5.92 Å². The predicted molar refractivity (Wildman–Crippen MR) is 95.8 cm³/mol. The van der Waals surface area contributed by atoms with Gasteiger partial charge in [0.2, 0.25) is 5.91 Å². The number of piperidine rings is 1. The summed E-state index contributed by atoms with van der Waals surface area (Å²) in [6.07, 6.45) is 4.63. The largest absolute Gasteiger partial charge is 0.469 e. The second-order valence-electron chi connectivity index (χ2n) is 6.11. The van der Waals surface area contributed by atoms with Gasteiger partial charge < -0.3 is 9.73 Å². The topological polar surface area (TPSA) is 79.6 Å². The van der Waals surface area contributed by atoms with Crippen LogP contribution in [0.1, 0.15) is 25.0 Å². The van der Waals surface area contributed by atoms with E-state index in [0.717, 1.165) is 25.0 Å². The van der Waals surface area contributed by atoms with Gasteiger partial charge in [-0.15, -0.1) is 11.3 Å². The van der Waals surface area contributed by atoms with Crippen LogP contribution in [-0.4, -0.2) is 38.3 Å². The third kappa shape index (κ3) is 4.50. The summed E-state index contributed by atoms with van der Waals surface area (Å²) in [4.78, 5) is 12.4. The molecule has 8 heteroatoms. The molecule has 0 spiro atoms. The van der Waals surface area contributed by atoms with Crippen LogP contribution >= 0.6 is 11.3 Å². The first kappa shape index (κ1) is 18.2. The molecule has 0 radical (unpaired) electrons. The van der Waals surface area contributed by atoms with Gasteiger partial charge in [-0.25, -0.2) is 8.42 Å². The van der Waals surface area contributed by atoms with E-state index >= 15 is 0 Å². The van der Waals surface area contributed by atoms with Gasteiger partial charge in [-0.2, -0.15) is 4.31 Å². The third-order valence-corrected chi connectivity index (χ3v) is 7.56. The number of hydrogen-bond acceptors (Lipinski definition) is 5. The van der Waals surface area contributed by atoms with E-state index in [1.807, 2.05) is 12.1 Å². The Bertz CT molecular complexity index is 770. The quantitative estimate of drug-likeness (QED) is 0.746. The van der Waals surface area contributed by atoms with E-state index in [4.69, 9.17) is 4.42 Å². The maximum absolute atomic E-state index is 12.6. The van der Waals surface area contributed by atoms with Crippen LogP contribution in [0.4, 0.5) is 0 Å². The number of carbonyl (C=O) groups excluding carboxylic acids is 1. The SMILES string of the molecule is O=C(NCCCc1ccco1)C1CCCN(S(=O)(=O)c2cccs2)C1. The summed E-state index contributed by atoms with van der Waals surface area (Å²) >= 11 is 1.21. The van der Waals surface area contributed by atoms with Gasteiger partial charge >= 0.3 is 0 Å². The Hall–Kier alpha value is -1.64. The summed E-state index contributed by atoms with van der Waals surface area (Å²) < 4.78 is 32.2. The Morgan fingerprint density at radius 3 is 2.96 bits per heavy atom. The van der Waals surface area contributed by atoms with Crippen molar-refractivity contribution in [2.45, 2.75) is 29.9 Å². The lowest BCUT2D eigenvalue weighted by atomic mass is 9.99. The molecule has 1 unspecified atom stereocenters. The summed E-state index contributed by atoms with van der Waals surface area (Å²) in [5.74, 6) is 0.553. The van der Waals surface area contributed by atoms with E-state index in [1.165, 1.54) is 15.6 Å². The molecular weight excluding hydrogens is 360 g/mol. The smallest absolute Gasteiger partial charge is 0.252 e. The lowest BCUT2D eigenvalue weighted by Crippen LogP contribution is -2.45. The van der Waals surface area contributed by atoms with E-state index in [1.54, 1.807) is 23.8 Å². The highest BCUT2D eigenvalue weighted by Gasteiger charge is 2.33. The third-order valence-electron chi connectivity index (χ3n) is 4.32. The molecule has 3 heterocycles. The van der Waals surface area contributed by atoms with Crippen LogP contribution < -0.4 is 5.32 Å². The number of carbonyl (C=O) groups is 1. The molecule has 0 bridgehead atoms. The number of furan rings is 1. The Balaban J connectivity index is 1.49. The number of aryl methyl sites for hydroxylation is 1. The number of sulfonamides is 1. The molecule has 25 heavy (non-hydrogen) atoms. The minimum absolute atomic E-state index is 0.0643. The second kappa shape index (κ2) is 8.16. The number of rotatable bonds is 7. The molecule has 1 saturated heterocycles. The van der Waals surface area contributed by atoms with E-state index in [9.17, 15) is 13.2 Å². The highest BCUT2D eigenvalue weighted by Crippen LogP contribution is 2.26. The van der Waals surface area contributed by atoms with Gasteiger partial charge in [-0.3, -0.25) is 4.79 Å². The fourth-order valence-electron chi connectivity index (χ4n) is 2.99. The average molecular weight is 383 g/mol. The average Bonchev–Trinajstić information content (AvgIpc) is 3.32. The van der Waals surface area contributed by atoms with Crippen LogP contribution in [0.25, 0.3) is 0 Å². The van der Waals surface area contributed by atoms with Crippen molar-refractivity contribution in [1.82, 2.24) is 9.62 Å². The molecule has 0 aliphatic carbocycles. The van der Waals surface area contributed by atoms with Crippen molar-refractivity contribution in [2.75, 3.05) is 19.6 Å². The maximum atomic E-state index is 12.6. The Labute approximate surface area is 151 Å². The first-order chi connectivity index (χ1) is 12.1. The van der Waals surface area contributed by atoms with Crippen LogP contribution in [0.5, 0.6) is 0 Å². The van der Waals surface area contributed by atoms with Crippen molar-refractivity contribution >= 4 is 27.3 Å². The molecule has 1 amide bonds. The fourth-order valence-corrected chi connectivity index (χ4v) is 5.65. The normalized spacial score (nSPS) is 19.0. The van der Waals surface area contributed by atoms with E-state index in [2.05, 4.69) is 5.32 Å². The second-order valence-corrected chi connectivity index (χ2v) is 9.22. The van der Waals surface area contributed by atoms with Crippen LogP contribution in [0.3, 0.4) is 0 Å². The molecule has 0 saturated carbocycles. The van der Waals surface area contributed by atoms with E-state index in [0.29, 0.717) is 23.7 Å². The Morgan fingerprint density at radius 2 is 2.24 bits per heavy atom. The van der Waals surface area contributed by atoms with Crippen molar-refractivity contribution < 1.29 is 17.6 Å². The zero-order valence-corrected chi connectivity index (χ0v) is 15.5. The molecule has 1 N–H and O–H groups in total. The number of hydrogen-bond donors (Lipinski definition) is 1. The number of nitrogens with one attached hydrogen (secondary N) is 1. The van der Waals surface area contributed by atoms with E-state index < -0.39 is 10.0 Å². The lowest BCUT2D eigenvalue weighted by molar-refractivity contribution is -0.126. The summed E-state index contributed by atoms with van der Waals surface area (Å²) in [6.45, 7) is 1.29. The maximum Gasteiger partial charge on any atom is 0.252 e. The monoisotopic (exact) mass is 382 g/mol. The van der Waals surface area contributed by atoms with Gasteiger partial charge in [-0.1, -0.05) is 6.07 Å². The van der Waals surface area contributed by atoms with Gasteiger partial charge in [0, 0.05) is 26.1 Å². The lowest BCUT2D eigenvalue weighted by Gasteiger charge is -2.30. The molecule has 1 aliphatic rings. The number of nitrogens with zero attached hydrogens (tertiary/aromatic N) is 1. The van der Waals surface area contributed by atoms with Crippen LogP contribution in [0.2, 0.25) is 0 Å². The molecule has 2 aromatic heterocycles. The van der Waals surface area contributed by atoms with Gasteiger partial charge in [0.15, 0.2) is 0 Å². The van der Waals surface area contributed by atoms with Crippen molar-refractivity contribution in [3.63, 3.8) is 0 Å². The van der Waals surface area contributed by atoms with E-state index in [-0.39, 0.29) is 18.4 Å². The zero-order valence-electron chi connectivity index (χ0n) is 13.9. The van der Waals surface area contributed by atoms with Gasteiger partial charge in [-0.05, 0) is 42.8 Å². The highest BCUT2D eigenvalue weighted by molar-refractivity contribution is 7.91. The van der Waals surface area contributed by atoms with Gasteiger partial charge in [0.05, 0.1) is 12.2 Å². The number of thiophene rings is 1. The van der Waals surface area contributed by atoms with Crippen LogP contribution in [-0.2, 0) is 21.2 Å². The van der Waals surface area contributed by atoms with Gasteiger partial charge in [0.1, 0.15) is 9.97 Å². The van der Waals surface area contributed by atoms with Crippen molar-refractivity contribution in [3.8, 4) is 0 Å². The molecule has 1 atom stereocenters. The summed E-state index contributed by atoms with van der Waals surface area (Å²) in [7, 11) is -3.48. The first-order valence-electron chi connectivity index (χ1n) is 8.41. The molecule has 1 fully saturated rings. The molecular formula is C17H22N2O4S2. The molecule has 136 valence electrons. The standard InChI is InChI=1S/C17H22N2O4S2/c20-17(18-9-1-6-15-7-3-11-23-15)14-5-2-10-19(13-14)25(21,22)16-8-4-12-24-16/h3-4,7-8,11-12,14H,1-2,5-6,9-10,13H2,(H,18,20). The zero-order chi connectivity index (χ0) is 17.7. The summed E-state index contributed by atoms with van der Waals surface area (Å²) in [5, 5.41) is 4.67. The Morgan fingerprint density at radius 1 is 1.36 bits per heavy atom. The molecule has 6 nitrogen and oxygen atoms in total. The minimum Gasteiger partial charge on any atom is -0.469 e. The Kier molecular flexibility index (Phi) is 5.93. The predicted octanol–water partition coefficient (Wildman–Crippen LogP) is 2.49. The molecule has 0 aromatic carbocycles. The molecule has 2 aromatic rings. The fraction of sp³-hybridized carbons (Fsp3) is 0.471. The van der Waals surface area contributed by atoms with Gasteiger partial charge in [0.25, 0.3) is 10.0 Å². The highest BCUT2D eigenvalue weighted by atomic mass is 32.2. The molecule has 1 aliphatic heterocycles. The van der Waals surface area contributed by atoms with Crippen LogP contribution in [0, 0.1) is 5.92 Å². The molecule has 3 rings (SSSR count). The minimum atomic E-state index is -3.48.